The summed E-state index contributed by atoms with van der Waals surface area (Å²) in [7, 11) is 0. The van der Waals surface area contributed by atoms with Gasteiger partial charge in [-0.25, -0.2) is 9.59 Å². The number of benzene rings is 11. The van der Waals surface area contributed by atoms with Gasteiger partial charge in [-0.1, -0.05) is 91.0 Å². The number of aromatic hydroxyl groups is 2. The van der Waals surface area contributed by atoms with Crippen molar-refractivity contribution in [2.75, 3.05) is 39.5 Å². The lowest BCUT2D eigenvalue weighted by Gasteiger charge is -2.17. The van der Waals surface area contributed by atoms with Gasteiger partial charge in [0.25, 0.3) is 34.6 Å². The fourth-order valence-corrected chi connectivity index (χ4v) is 12.7. The predicted octanol–water partition coefficient (Wildman–Crippen LogP) is 17.1. The number of carbonyl (C=O) groups excluding carboxylic acids is 6. The lowest BCUT2D eigenvalue weighted by molar-refractivity contribution is -0.385. The van der Waals surface area contributed by atoms with Gasteiger partial charge in [0.05, 0.1) is 69.2 Å². The summed E-state index contributed by atoms with van der Waals surface area (Å²) in [6.45, 7) is 9.59. The van der Waals surface area contributed by atoms with Crippen LogP contribution in [0.5, 0.6) is 74.7 Å². The molecule has 9 N–H and O–H groups in total. The monoisotopic (exact) mass is 1840 g/mol. The van der Waals surface area contributed by atoms with Crippen molar-refractivity contribution in [1.29, 1.82) is 0 Å². The smallest absolute Gasteiger partial charge is 0.375 e. The number of esters is 2. The topological polar surface area (TPSA) is 549 Å². The number of nitrogens with one attached hydrogen (secondary N) is 5. The third kappa shape index (κ3) is 27.5. The average Bonchev–Trinajstić information content (AvgIpc) is 1.76. The minimum Gasteiger partial charge on any atom is -0.508 e. The number of hydrogen-bond acceptors (Lipinski definition) is 30. The molecule has 0 spiro atoms. The van der Waals surface area contributed by atoms with E-state index in [1.807, 2.05) is 123 Å². The molecule has 0 radical (unpaired) electrons. The first kappa shape index (κ1) is 97.6. The summed E-state index contributed by atoms with van der Waals surface area (Å²) in [4.78, 5) is 115. The van der Waals surface area contributed by atoms with Gasteiger partial charge in [0.1, 0.15) is 134 Å². The molecule has 3 heterocycles. The number of aromatic amines is 3. The third-order valence-corrected chi connectivity index (χ3v) is 18.9. The molecule has 0 saturated heterocycles. The summed E-state index contributed by atoms with van der Waals surface area (Å²) >= 11 is 0. The Labute approximate surface area is 767 Å². The molecule has 135 heavy (non-hydrogen) atoms. The highest BCUT2D eigenvalue weighted by molar-refractivity contribution is 6.38. The Morgan fingerprint density at radius 2 is 0.696 bits per heavy atom. The van der Waals surface area contributed by atoms with Crippen molar-refractivity contribution in [2.45, 2.75) is 60.9 Å². The number of ketones is 2. The maximum absolute atomic E-state index is 13.2. The molecule has 0 aliphatic heterocycles. The number of nitro groups is 4. The predicted molar refractivity (Wildman–Crippen MR) is 486 cm³/mol. The van der Waals surface area contributed by atoms with Crippen LogP contribution < -0.4 is 43.8 Å². The van der Waals surface area contributed by atoms with Crippen molar-refractivity contribution < 1.29 is 112 Å². The molecule has 3 aromatic heterocycles. The first-order valence-electron chi connectivity index (χ1n) is 41.1. The van der Waals surface area contributed by atoms with Gasteiger partial charge < -0.3 is 73.7 Å². The Morgan fingerprint density at radius 1 is 0.378 bits per heavy atom. The molecule has 0 unspecified atom stereocenters. The number of aliphatic hydroxyl groups is 2. The van der Waals surface area contributed by atoms with Crippen LogP contribution in [-0.4, -0.2) is 146 Å². The van der Waals surface area contributed by atoms with Crippen LogP contribution in [0.15, 0.2) is 255 Å². The van der Waals surface area contributed by atoms with Gasteiger partial charge in [0.15, 0.2) is 5.78 Å². The van der Waals surface area contributed by atoms with E-state index in [1.54, 1.807) is 51.1 Å². The number of amides is 2. The van der Waals surface area contributed by atoms with Gasteiger partial charge >= 0.3 is 11.9 Å². The summed E-state index contributed by atoms with van der Waals surface area (Å²) in [5.41, 5.74) is 7.47. The van der Waals surface area contributed by atoms with Crippen molar-refractivity contribution in [1.82, 2.24) is 41.2 Å². The first-order valence-corrected chi connectivity index (χ1v) is 41.1. The molecule has 0 aliphatic carbocycles. The molecule has 2 amide bonds. The Morgan fingerprint density at radius 3 is 1.06 bits per heavy atom. The van der Waals surface area contributed by atoms with Gasteiger partial charge in [0, 0.05) is 73.8 Å². The lowest BCUT2D eigenvalue weighted by Crippen LogP contribution is -2.26. The van der Waals surface area contributed by atoms with Gasteiger partial charge in [-0.15, -0.1) is 0 Å². The Hall–Kier alpha value is -18.0. The number of nitrogens with zero attached hydrogens (tertiary/aromatic N) is 7. The van der Waals surface area contributed by atoms with Crippen molar-refractivity contribution in [3.8, 4) is 109 Å². The first-order chi connectivity index (χ1) is 65.0. The van der Waals surface area contributed by atoms with E-state index in [9.17, 15) is 79.4 Å². The molecule has 0 aliphatic rings. The maximum atomic E-state index is 13.2. The summed E-state index contributed by atoms with van der Waals surface area (Å²) in [5.74, 6) is -1.52. The zero-order valence-corrected chi connectivity index (χ0v) is 72.6. The lowest BCUT2D eigenvalue weighted by atomic mass is 10.0. The van der Waals surface area contributed by atoms with E-state index in [-0.39, 0.29) is 143 Å². The van der Waals surface area contributed by atoms with Crippen LogP contribution in [-0.2, 0) is 38.9 Å². The van der Waals surface area contributed by atoms with Crippen LogP contribution in [0.4, 0.5) is 22.7 Å². The fraction of sp³-hybridized carbons (Fsp3) is 0.156. The van der Waals surface area contributed by atoms with E-state index in [1.165, 1.54) is 109 Å². The molecule has 39 heteroatoms. The molecule has 11 aromatic carbocycles. The standard InChI is InChI=1S/C26H24N4O6.C26H23N3O6.C26H23NO8.C18H16N4O7/c1-17-13-23(35-16-18-5-3-2-4-6-18)25(21-15-22(29-28-21)26(32)27-11-12-31)24(14-17)36-20-9-7-19(8-10-20)30(33)34;1-3-33-26(30)22-15-21(27-28-22)25-23(34-16-18-7-5-4-6-8-18)13-17(2)14-24(25)35-20-11-9-19(10-12-20)29(31)32;1-3-33-26(30)22(29)15-21(28)25-23(34-16-18-7-5-4-6-8-18)13-17(2)14-24(25)35-20-11-9-19(10-12-20)27(31)32;23-6-5-19-18(26)14-9-13(20-21-14)17-15(25)7-11(24)8-16(17)29-12-3-1-10(2-4-12)22(27)28/h2-10,13-15,31H,11-12,16H2,1H3,(H,27,32)(H,28,29);4-15H,3,16H2,1-2H3,(H,27,28);4-14H,3,15-16H2,1-2H3;1-4,7-9,23-25H,5-6H2,(H,19,26)(H,20,21). The number of H-pyrrole nitrogens is 3. The third-order valence-electron chi connectivity index (χ3n) is 18.9. The number of aliphatic hydroxyl groups excluding tert-OH is 2. The number of hydrogen-bond donors (Lipinski definition) is 9. The van der Waals surface area contributed by atoms with Gasteiger partial charge in [0.2, 0.25) is 5.78 Å². The van der Waals surface area contributed by atoms with Crippen molar-refractivity contribution in [3.05, 3.63) is 351 Å². The minimum absolute atomic E-state index is 0.00321. The van der Waals surface area contributed by atoms with Gasteiger partial charge in [-0.2, -0.15) is 15.3 Å². The van der Waals surface area contributed by atoms with Crippen LogP contribution in [0.2, 0.25) is 0 Å². The Bertz CT molecular complexity index is 6540. The van der Waals surface area contributed by atoms with Gasteiger partial charge in [-0.05, 0) is 171 Å². The summed E-state index contributed by atoms with van der Waals surface area (Å²) in [6, 6.07) is 68.0. The number of nitro benzene ring substituents is 4. The van der Waals surface area contributed by atoms with Crippen molar-refractivity contribution in [3.63, 3.8) is 0 Å². The van der Waals surface area contributed by atoms with E-state index in [4.69, 9.17) is 52.8 Å². The highest BCUT2D eigenvalue weighted by atomic mass is 16.6. The Balaban J connectivity index is 0.000000174. The second-order valence-electron chi connectivity index (χ2n) is 28.9. The molecule has 0 saturated carbocycles. The highest BCUT2D eigenvalue weighted by Gasteiger charge is 2.29. The van der Waals surface area contributed by atoms with Crippen LogP contribution in [0.25, 0.3) is 33.8 Å². The molecule has 39 nitrogen and oxygen atoms in total. The maximum Gasteiger partial charge on any atom is 0.375 e. The fourth-order valence-electron chi connectivity index (χ4n) is 12.7. The highest BCUT2D eigenvalue weighted by Crippen LogP contribution is 2.46. The zero-order chi connectivity index (χ0) is 96.6. The molecule has 14 aromatic rings. The molecule has 692 valence electrons. The summed E-state index contributed by atoms with van der Waals surface area (Å²) in [5, 5.41) is 107. The van der Waals surface area contributed by atoms with E-state index in [2.05, 4.69) is 41.2 Å². The van der Waals surface area contributed by atoms with Crippen LogP contribution in [0.3, 0.4) is 0 Å². The van der Waals surface area contributed by atoms with Crippen molar-refractivity contribution >= 4 is 58.1 Å². The number of rotatable bonds is 37. The number of Topliss-reactive ketones (excluding diaryl/α,β-unsaturated/α-hetero) is 2. The molecular weight excluding hydrogens is 1750 g/mol. The molecule has 0 bridgehead atoms. The number of aryl methyl sites for hydroxylation is 3. The Kier molecular flexibility index (Phi) is 34.2. The quantitative estimate of drug-likeness (QED) is 0.00436. The zero-order valence-electron chi connectivity index (χ0n) is 72.6. The number of aromatic nitrogens is 6. The number of ether oxygens (including phenoxy) is 9. The van der Waals surface area contributed by atoms with Crippen LogP contribution >= 0.6 is 0 Å². The molecule has 0 atom stereocenters. The molecule has 0 fully saturated rings. The van der Waals surface area contributed by atoms with E-state index >= 15 is 0 Å². The second kappa shape index (κ2) is 47.3. The van der Waals surface area contributed by atoms with Crippen molar-refractivity contribution in [2.24, 2.45) is 0 Å². The SMILES string of the molecule is CCOC(=O)C(=O)CC(=O)c1c(OCc2ccccc2)cc(C)cc1Oc1ccc([N+](=O)[O-])cc1.CCOC(=O)c1cc(-c2c(OCc3ccccc3)cc(C)cc2Oc2ccc([N+](=O)[O-])cc2)n[nH]1.Cc1cc(OCc2ccccc2)c(-c2cc(C(=O)NCCO)[nH]n2)c(Oc2ccc([N+](=O)[O-])cc2)c1.O=C(NCCO)c1cc(-c2c(O)cc(O)cc2Oc2ccc([N+](=O)[O-])cc2)n[nH]1. The second-order valence-corrected chi connectivity index (χ2v) is 28.9. The van der Waals surface area contributed by atoms with Crippen LogP contribution in [0, 0.1) is 61.2 Å². The molecular formula is C96H86N12O27. The van der Waals surface area contributed by atoms with E-state index < -0.39 is 61.4 Å². The molecule has 14 rings (SSSR count). The number of non-ortho nitro benzene ring substituents is 4. The van der Waals surface area contributed by atoms with E-state index in [0.29, 0.717) is 75.8 Å². The summed E-state index contributed by atoms with van der Waals surface area (Å²) < 4.78 is 51.8. The number of phenols is 2. The largest absolute Gasteiger partial charge is 0.508 e. The van der Waals surface area contributed by atoms with E-state index in [0.717, 1.165) is 33.9 Å². The minimum atomic E-state index is -1.10. The number of phenolic OH excluding ortho intramolecular Hbond substituents is 2. The van der Waals surface area contributed by atoms with Gasteiger partial charge in [-0.3, -0.25) is 74.9 Å². The average molecular weight is 1840 g/mol. The van der Waals surface area contributed by atoms with Crippen LogP contribution in [0.1, 0.15) is 95.5 Å². The summed E-state index contributed by atoms with van der Waals surface area (Å²) in [6.07, 6.45) is -0.736. The normalized spacial score (nSPS) is 10.5. The number of carbonyl (C=O) groups is 6.